The van der Waals surface area contributed by atoms with Crippen molar-refractivity contribution in [3.63, 3.8) is 0 Å². The third-order valence-corrected chi connectivity index (χ3v) is 4.37. The van der Waals surface area contributed by atoms with Gasteiger partial charge in [0.15, 0.2) is 0 Å². The number of hydrogen-bond acceptors (Lipinski definition) is 2. The molecule has 2 heteroatoms. The van der Waals surface area contributed by atoms with Crippen molar-refractivity contribution >= 4 is 0 Å². The first-order valence-corrected chi connectivity index (χ1v) is 7.06. The van der Waals surface area contributed by atoms with Crippen molar-refractivity contribution in [3.05, 3.63) is 0 Å². The van der Waals surface area contributed by atoms with Crippen LogP contribution < -0.4 is 5.32 Å². The first-order valence-electron chi connectivity index (χ1n) is 7.06. The van der Waals surface area contributed by atoms with E-state index in [0.29, 0.717) is 12.1 Å². The maximum absolute atomic E-state index is 5.49. The zero-order chi connectivity index (χ0) is 11.4. The van der Waals surface area contributed by atoms with E-state index in [4.69, 9.17) is 4.74 Å². The van der Waals surface area contributed by atoms with Gasteiger partial charge < -0.3 is 10.1 Å². The molecule has 2 rings (SSSR count). The van der Waals surface area contributed by atoms with Gasteiger partial charge in [-0.05, 0) is 44.4 Å². The van der Waals surface area contributed by atoms with E-state index in [2.05, 4.69) is 12.2 Å². The molecule has 2 fully saturated rings. The molecule has 0 spiro atoms. The Morgan fingerprint density at radius 3 is 2.31 bits per heavy atom. The Balaban J connectivity index is 1.75. The quantitative estimate of drug-likeness (QED) is 0.797. The summed E-state index contributed by atoms with van der Waals surface area (Å²) in [5, 5.41) is 3.87. The maximum Gasteiger partial charge on any atom is 0.0586 e. The van der Waals surface area contributed by atoms with E-state index in [1.54, 1.807) is 0 Å². The van der Waals surface area contributed by atoms with Crippen LogP contribution in [0.25, 0.3) is 0 Å². The molecule has 0 aliphatic heterocycles. The third kappa shape index (κ3) is 3.46. The molecule has 94 valence electrons. The number of hydrogen-bond donors (Lipinski definition) is 1. The van der Waals surface area contributed by atoms with Gasteiger partial charge in [0, 0.05) is 19.2 Å². The summed E-state index contributed by atoms with van der Waals surface area (Å²) in [5.74, 6) is 0.924. The van der Waals surface area contributed by atoms with Crippen LogP contribution in [-0.4, -0.2) is 25.3 Å². The fourth-order valence-electron chi connectivity index (χ4n) is 3.43. The van der Waals surface area contributed by atoms with Gasteiger partial charge >= 0.3 is 0 Å². The lowest BCUT2D eigenvalue weighted by molar-refractivity contribution is 0.0552. The summed E-state index contributed by atoms with van der Waals surface area (Å²) in [6.07, 6.45) is 11.3. The van der Waals surface area contributed by atoms with Gasteiger partial charge in [0.1, 0.15) is 0 Å². The molecule has 0 heterocycles. The predicted octanol–water partition coefficient (Wildman–Crippen LogP) is 3.11. The average molecular weight is 225 g/mol. The second-order valence-corrected chi connectivity index (χ2v) is 5.86. The Morgan fingerprint density at radius 1 is 0.938 bits per heavy atom. The van der Waals surface area contributed by atoms with Crippen LogP contribution in [0, 0.1) is 5.92 Å². The van der Waals surface area contributed by atoms with E-state index >= 15 is 0 Å². The molecule has 2 nitrogen and oxygen atoms in total. The predicted molar refractivity (Wildman–Crippen MR) is 67.6 cm³/mol. The molecule has 1 N–H and O–H groups in total. The summed E-state index contributed by atoms with van der Waals surface area (Å²) in [7, 11) is 1.86. The first kappa shape index (κ1) is 12.4. The van der Waals surface area contributed by atoms with Crippen molar-refractivity contribution in [2.24, 2.45) is 5.92 Å². The van der Waals surface area contributed by atoms with Crippen LogP contribution in [-0.2, 0) is 4.74 Å². The Labute approximate surface area is 100 Å². The van der Waals surface area contributed by atoms with Gasteiger partial charge in [0.05, 0.1) is 6.10 Å². The van der Waals surface area contributed by atoms with Crippen molar-refractivity contribution in [3.8, 4) is 0 Å². The summed E-state index contributed by atoms with van der Waals surface area (Å²) in [6, 6.07) is 1.50. The number of ether oxygens (including phenoxy) is 1. The molecule has 0 radical (unpaired) electrons. The summed E-state index contributed by atoms with van der Waals surface area (Å²) in [6.45, 7) is 2.40. The Bertz CT molecular complexity index is 207. The summed E-state index contributed by atoms with van der Waals surface area (Å²) in [4.78, 5) is 0. The average Bonchev–Trinajstić information content (AvgIpc) is 2.29. The molecular weight excluding hydrogens is 198 g/mol. The highest BCUT2D eigenvalue weighted by atomic mass is 16.5. The Hall–Kier alpha value is -0.0800. The van der Waals surface area contributed by atoms with Gasteiger partial charge in [-0.15, -0.1) is 0 Å². The van der Waals surface area contributed by atoms with E-state index in [1.807, 2.05) is 7.11 Å². The van der Waals surface area contributed by atoms with Crippen LogP contribution >= 0.6 is 0 Å². The molecule has 2 aliphatic carbocycles. The third-order valence-electron chi connectivity index (χ3n) is 4.37. The topological polar surface area (TPSA) is 21.3 Å². The van der Waals surface area contributed by atoms with Crippen molar-refractivity contribution < 1.29 is 4.74 Å². The molecule has 4 unspecified atom stereocenters. The van der Waals surface area contributed by atoms with E-state index in [0.717, 1.165) is 12.0 Å². The van der Waals surface area contributed by atoms with Gasteiger partial charge in [-0.3, -0.25) is 0 Å². The van der Waals surface area contributed by atoms with Crippen molar-refractivity contribution in [1.82, 2.24) is 5.32 Å². The molecule has 0 bridgehead atoms. The van der Waals surface area contributed by atoms with E-state index < -0.39 is 0 Å². The summed E-state index contributed by atoms with van der Waals surface area (Å²) >= 11 is 0. The molecule has 0 amide bonds. The second kappa shape index (κ2) is 6.02. The second-order valence-electron chi connectivity index (χ2n) is 5.86. The minimum Gasteiger partial charge on any atom is -0.381 e. The maximum atomic E-state index is 5.49. The van der Waals surface area contributed by atoms with Crippen LogP contribution in [0.15, 0.2) is 0 Å². The van der Waals surface area contributed by atoms with Crippen LogP contribution in [0.5, 0.6) is 0 Å². The van der Waals surface area contributed by atoms with Crippen molar-refractivity contribution in [1.29, 1.82) is 0 Å². The molecular formula is C14H27NO. The fraction of sp³-hybridized carbons (Fsp3) is 1.00. The number of nitrogens with one attached hydrogen (secondary N) is 1. The highest BCUT2D eigenvalue weighted by molar-refractivity contribution is 4.84. The molecule has 2 saturated carbocycles. The molecule has 0 saturated heterocycles. The SMILES string of the molecule is COC1CCCC(NC2CCCC(C)C2)C1. The highest BCUT2D eigenvalue weighted by Gasteiger charge is 2.25. The monoisotopic (exact) mass is 225 g/mol. The van der Waals surface area contributed by atoms with E-state index in [9.17, 15) is 0 Å². The molecule has 0 aromatic carbocycles. The van der Waals surface area contributed by atoms with Gasteiger partial charge in [0.25, 0.3) is 0 Å². The minimum absolute atomic E-state index is 0.507. The van der Waals surface area contributed by atoms with E-state index in [-0.39, 0.29) is 0 Å². The van der Waals surface area contributed by atoms with Crippen LogP contribution in [0.4, 0.5) is 0 Å². The van der Waals surface area contributed by atoms with Gasteiger partial charge in [-0.2, -0.15) is 0 Å². The largest absolute Gasteiger partial charge is 0.381 e. The minimum atomic E-state index is 0.507. The van der Waals surface area contributed by atoms with E-state index in [1.165, 1.54) is 51.4 Å². The van der Waals surface area contributed by atoms with Crippen LogP contribution in [0.2, 0.25) is 0 Å². The van der Waals surface area contributed by atoms with Crippen LogP contribution in [0.3, 0.4) is 0 Å². The van der Waals surface area contributed by atoms with Crippen LogP contribution in [0.1, 0.15) is 58.3 Å². The number of methoxy groups -OCH3 is 1. The lowest BCUT2D eigenvalue weighted by atomic mass is 9.85. The van der Waals surface area contributed by atoms with Gasteiger partial charge in [-0.25, -0.2) is 0 Å². The molecule has 4 atom stereocenters. The fourth-order valence-corrected chi connectivity index (χ4v) is 3.43. The Morgan fingerprint density at radius 2 is 1.62 bits per heavy atom. The normalized spacial score (nSPS) is 40.9. The first-order chi connectivity index (χ1) is 7.78. The highest BCUT2D eigenvalue weighted by Crippen LogP contribution is 2.26. The Kier molecular flexibility index (Phi) is 4.66. The lowest BCUT2D eigenvalue weighted by Crippen LogP contribution is -2.44. The molecule has 0 aromatic heterocycles. The van der Waals surface area contributed by atoms with Gasteiger partial charge in [0.2, 0.25) is 0 Å². The standard InChI is InChI=1S/C14H27NO/c1-11-5-3-6-12(9-11)15-13-7-4-8-14(10-13)16-2/h11-15H,3-10H2,1-2H3. The number of rotatable bonds is 3. The molecule has 0 aromatic rings. The zero-order valence-electron chi connectivity index (χ0n) is 10.9. The lowest BCUT2D eigenvalue weighted by Gasteiger charge is -2.35. The molecule has 16 heavy (non-hydrogen) atoms. The smallest absolute Gasteiger partial charge is 0.0586 e. The summed E-state index contributed by atoms with van der Waals surface area (Å²) < 4.78 is 5.49. The summed E-state index contributed by atoms with van der Waals surface area (Å²) in [5.41, 5.74) is 0. The van der Waals surface area contributed by atoms with Crippen molar-refractivity contribution in [2.75, 3.05) is 7.11 Å². The zero-order valence-corrected chi connectivity index (χ0v) is 10.9. The van der Waals surface area contributed by atoms with Gasteiger partial charge in [-0.1, -0.05) is 19.8 Å². The van der Waals surface area contributed by atoms with Crippen molar-refractivity contribution in [2.45, 2.75) is 76.5 Å². The molecule has 2 aliphatic rings.